The summed E-state index contributed by atoms with van der Waals surface area (Å²) >= 11 is 2.16. The first-order valence-corrected chi connectivity index (χ1v) is 6.19. The third kappa shape index (κ3) is 1.80. The molecule has 1 spiro atoms. The fourth-order valence-corrected chi connectivity index (χ4v) is 4.20. The summed E-state index contributed by atoms with van der Waals surface area (Å²) in [6.45, 7) is 0. The molecule has 2 rings (SSSR count). The van der Waals surface area contributed by atoms with Gasteiger partial charge in [-0.1, -0.05) is 25.7 Å². The summed E-state index contributed by atoms with van der Waals surface area (Å²) < 4.78 is 0.621. The molecule has 2 fully saturated rings. The van der Waals surface area contributed by atoms with Crippen LogP contribution in [-0.2, 0) is 0 Å². The third-order valence-corrected chi connectivity index (χ3v) is 5.03. The van der Waals surface area contributed by atoms with Crippen LogP contribution >= 0.6 is 11.8 Å². The van der Waals surface area contributed by atoms with Crippen molar-refractivity contribution in [1.29, 1.82) is 0 Å². The predicted octanol–water partition coefficient (Wildman–Crippen LogP) is 2.54. The SMILES string of the molecule is NC1CSC2(CCCCCC2)C1. The van der Waals surface area contributed by atoms with Gasteiger partial charge in [0.1, 0.15) is 0 Å². The van der Waals surface area contributed by atoms with Gasteiger partial charge in [-0.15, -0.1) is 0 Å². The average molecular weight is 185 g/mol. The monoisotopic (exact) mass is 185 g/mol. The van der Waals surface area contributed by atoms with Crippen LogP contribution in [0, 0.1) is 0 Å². The van der Waals surface area contributed by atoms with Crippen molar-refractivity contribution in [3.05, 3.63) is 0 Å². The Hall–Kier alpha value is 0.310. The highest BCUT2D eigenvalue weighted by molar-refractivity contribution is 8.01. The highest BCUT2D eigenvalue weighted by atomic mass is 32.2. The van der Waals surface area contributed by atoms with Crippen LogP contribution in [-0.4, -0.2) is 16.5 Å². The van der Waals surface area contributed by atoms with E-state index in [2.05, 4.69) is 11.8 Å². The van der Waals surface area contributed by atoms with Gasteiger partial charge in [0.2, 0.25) is 0 Å². The van der Waals surface area contributed by atoms with E-state index in [9.17, 15) is 0 Å². The molecule has 1 saturated heterocycles. The van der Waals surface area contributed by atoms with Crippen LogP contribution in [0.2, 0.25) is 0 Å². The highest BCUT2D eigenvalue weighted by Crippen LogP contribution is 2.46. The van der Waals surface area contributed by atoms with E-state index in [0.29, 0.717) is 10.8 Å². The first-order valence-electron chi connectivity index (χ1n) is 5.20. The van der Waals surface area contributed by atoms with Crippen molar-refractivity contribution in [3.8, 4) is 0 Å². The van der Waals surface area contributed by atoms with E-state index in [-0.39, 0.29) is 0 Å². The highest BCUT2D eigenvalue weighted by Gasteiger charge is 2.38. The van der Waals surface area contributed by atoms with Crippen molar-refractivity contribution >= 4 is 11.8 Å². The van der Waals surface area contributed by atoms with Crippen molar-refractivity contribution in [3.63, 3.8) is 0 Å². The molecule has 0 bridgehead atoms. The van der Waals surface area contributed by atoms with Crippen molar-refractivity contribution in [1.82, 2.24) is 0 Å². The van der Waals surface area contributed by atoms with E-state index in [0.717, 1.165) is 0 Å². The van der Waals surface area contributed by atoms with Gasteiger partial charge in [0, 0.05) is 16.5 Å². The molecule has 2 aliphatic rings. The zero-order chi connectivity index (χ0) is 8.44. The minimum atomic E-state index is 0.494. The Bertz CT molecular complexity index is 150. The quantitative estimate of drug-likeness (QED) is 0.627. The van der Waals surface area contributed by atoms with Crippen LogP contribution in [0.3, 0.4) is 0 Å². The minimum Gasteiger partial charge on any atom is -0.327 e. The number of thioether (sulfide) groups is 1. The van der Waals surface area contributed by atoms with Crippen molar-refractivity contribution in [2.75, 3.05) is 5.75 Å². The van der Waals surface area contributed by atoms with Crippen LogP contribution in [0.4, 0.5) is 0 Å². The lowest BCUT2D eigenvalue weighted by atomic mass is 9.93. The fourth-order valence-electron chi connectivity index (χ4n) is 2.60. The van der Waals surface area contributed by atoms with Gasteiger partial charge in [-0.25, -0.2) is 0 Å². The van der Waals surface area contributed by atoms with Gasteiger partial charge in [-0.05, 0) is 19.3 Å². The van der Waals surface area contributed by atoms with E-state index in [1.54, 1.807) is 0 Å². The van der Waals surface area contributed by atoms with Gasteiger partial charge in [0.25, 0.3) is 0 Å². The number of hydrogen-bond acceptors (Lipinski definition) is 2. The Balaban J connectivity index is 1.98. The van der Waals surface area contributed by atoms with Gasteiger partial charge in [-0.3, -0.25) is 0 Å². The first kappa shape index (κ1) is 8.89. The molecule has 0 amide bonds. The number of hydrogen-bond donors (Lipinski definition) is 1. The molecular formula is C10H19NS. The van der Waals surface area contributed by atoms with E-state index >= 15 is 0 Å². The second-order valence-corrected chi connectivity index (χ2v) is 5.86. The van der Waals surface area contributed by atoms with Gasteiger partial charge >= 0.3 is 0 Å². The summed E-state index contributed by atoms with van der Waals surface area (Å²) in [5, 5.41) is 0. The van der Waals surface area contributed by atoms with Crippen LogP contribution in [0.25, 0.3) is 0 Å². The lowest BCUT2D eigenvalue weighted by Crippen LogP contribution is -2.26. The Morgan fingerprint density at radius 2 is 1.75 bits per heavy atom. The number of nitrogens with two attached hydrogens (primary N) is 1. The molecule has 2 heteroatoms. The molecule has 0 radical (unpaired) electrons. The molecule has 1 aliphatic carbocycles. The Morgan fingerprint density at radius 3 is 2.25 bits per heavy atom. The van der Waals surface area contributed by atoms with Crippen molar-refractivity contribution < 1.29 is 0 Å². The molecule has 1 saturated carbocycles. The molecule has 70 valence electrons. The second-order valence-electron chi connectivity index (χ2n) is 4.37. The molecule has 1 nitrogen and oxygen atoms in total. The van der Waals surface area contributed by atoms with E-state index < -0.39 is 0 Å². The van der Waals surface area contributed by atoms with E-state index in [1.807, 2.05) is 0 Å². The summed E-state index contributed by atoms with van der Waals surface area (Å²) in [7, 11) is 0. The maximum Gasteiger partial charge on any atom is 0.0175 e. The predicted molar refractivity (Wildman–Crippen MR) is 55.5 cm³/mol. The van der Waals surface area contributed by atoms with Gasteiger partial charge in [0.15, 0.2) is 0 Å². The Labute approximate surface area is 79.5 Å². The third-order valence-electron chi connectivity index (χ3n) is 3.25. The first-order chi connectivity index (χ1) is 5.81. The Morgan fingerprint density at radius 1 is 1.08 bits per heavy atom. The smallest absolute Gasteiger partial charge is 0.0175 e. The van der Waals surface area contributed by atoms with Crippen LogP contribution in [0.15, 0.2) is 0 Å². The zero-order valence-corrected chi connectivity index (χ0v) is 8.54. The van der Waals surface area contributed by atoms with Gasteiger partial charge in [0.05, 0.1) is 0 Å². The lowest BCUT2D eigenvalue weighted by molar-refractivity contribution is 0.469. The summed E-state index contributed by atoms with van der Waals surface area (Å²) in [5.41, 5.74) is 5.97. The summed E-state index contributed by atoms with van der Waals surface area (Å²) in [5.74, 6) is 1.21. The van der Waals surface area contributed by atoms with Crippen molar-refractivity contribution in [2.45, 2.75) is 55.7 Å². The zero-order valence-electron chi connectivity index (χ0n) is 7.72. The second kappa shape index (κ2) is 3.59. The largest absolute Gasteiger partial charge is 0.327 e. The summed E-state index contributed by atoms with van der Waals surface area (Å²) in [6, 6.07) is 0.494. The topological polar surface area (TPSA) is 26.0 Å². The average Bonchev–Trinajstić information content (AvgIpc) is 2.30. The minimum absolute atomic E-state index is 0.494. The van der Waals surface area contributed by atoms with Crippen LogP contribution in [0.1, 0.15) is 44.9 Å². The van der Waals surface area contributed by atoms with Crippen LogP contribution < -0.4 is 5.73 Å². The molecule has 1 aliphatic heterocycles. The lowest BCUT2D eigenvalue weighted by Gasteiger charge is -2.26. The molecule has 1 atom stereocenters. The molecule has 0 aromatic heterocycles. The summed E-state index contributed by atoms with van der Waals surface area (Å²) in [4.78, 5) is 0. The van der Waals surface area contributed by atoms with E-state index in [1.165, 1.54) is 50.7 Å². The van der Waals surface area contributed by atoms with E-state index in [4.69, 9.17) is 5.73 Å². The number of rotatable bonds is 0. The molecule has 1 heterocycles. The van der Waals surface area contributed by atoms with Gasteiger partial charge in [-0.2, -0.15) is 11.8 Å². The maximum atomic E-state index is 5.97. The molecule has 2 N–H and O–H groups in total. The molecule has 0 aromatic carbocycles. The molecule has 1 unspecified atom stereocenters. The van der Waals surface area contributed by atoms with Crippen molar-refractivity contribution in [2.24, 2.45) is 5.73 Å². The normalized spacial score (nSPS) is 35.2. The molecule has 0 aromatic rings. The maximum absolute atomic E-state index is 5.97. The summed E-state index contributed by atoms with van der Waals surface area (Å²) in [6.07, 6.45) is 9.96. The Kier molecular flexibility index (Phi) is 2.66. The molecule has 12 heavy (non-hydrogen) atoms. The standard InChI is InChI=1S/C10H19NS/c11-9-7-10(12-8-9)5-3-1-2-4-6-10/h9H,1-8,11H2. The molecular weight excluding hydrogens is 166 g/mol. The van der Waals surface area contributed by atoms with Crippen LogP contribution in [0.5, 0.6) is 0 Å². The fraction of sp³-hybridized carbons (Fsp3) is 1.00. The van der Waals surface area contributed by atoms with Gasteiger partial charge < -0.3 is 5.73 Å².